The second-order valence-corrected chi connectivity index (χ2v) is 8.28. The summed E-state index contributed by atoms with van der Waals surface area (Å²) in [4.78, 5) is 34.2. The molecule has 1 saturated heterocycles. The Labute approximate surface area is 189 Å². The first-order valence-electron chi connectivity index (χ1n) is 11.3. The van der Waals surface area contributed by atoms with Gasteiger partial charge in [0.2, 0.25) is 5.91 Å². The Morgan fingerprint density at radius 3 is 2.31 bits per heavy atom. The molecule has 0 unspecified atom stereocenters. The fourth-order valence-corrected chi connectivity index (χ4v) is 4.30. The topological polar surface area (TPSA) is 53.5 Å². The van der Waals surface area contributed by atoms with Crippen molar-refractivity contribution in [2.24, 2.45) is 5.92 Å². The van der Waals surface area contributed by atoms with Crippen molar-refractivity contribution in [3.63, 3.8) is 0 Å². The van der Waals surface area contributed by atoms with E-state index in [2.05, 4.69) is 48.3 Å². The molecule has 1 atom stereocenters. The van der Waals surface area contributed by atoms with Gasteiger partial charge in [0, 0.05) is 44.1 Å². The summed E-state index contributed by atoms with van der Waals surface area (Å²) < 4.78 is 0. The summed E-state index contributed by atoms with van der Waals surface area (Å²) in [6, 6.07) is 22.1. The first-order chi connectivity index (χ1) is 15.7. The van der Waals surface area contributed by atoms with Gasteiger partial charge in [0.1, 0.15) is 0 Å². The van der Waals surface area contributed by atoms with E-state index >= 15 is 0 Å². The molecule has 2 aromatic carbocycles. The molecule has 3 aromatic rings. The largest absolute Gasteiger partial charge is 0.341 e. The third-order valence-corrected chi connectivity index (χ3v) is 5.99. The highest BCUT2D eigenvalue weighted by molar-refractivity contribution is 5.94. The van der Waals surface area contributed by atoms with Gasteiger partial charge in [-0.1, -0.05) is 61.5 Å². The molecular weight excluding hydrogens is 398 g/mol. The Morgan fingerprint density at radius 2 is 1.62 bits per heavy atom. The Kier molecular flexibility index (Phi) is 6.95. The molecule has 32 heavy (non-hydrogen) atoms. The molecule has 1 fully saturated rings. The molecular formula is C27H29N3O2. The molecule has 0 spiro atoms. The minimum absolute atomic E-state index is 0.0389. The number of amides is 2. The zero-order valence-corrected chi connectivity index (χ0v) is 18.5. The van der Waals surface area contributed by atoms with Gasteiger partial charge in [0.15, 0.2) is 0 Å². The molecule has 2 amide bonds. The van der Waals surface area contributed by atoms with Crippen molar-refractivity contribution >= 4 is 11.8 Å². The third kappa shape index (κ3) is 5.05. The van der Waals surface area contributed by atoms with Crippen LogP contribution in [0.1, 0.15) is 29.3 Å². The highest BCUT2D eigenvalue weighted by Crippen LogP contribution is 2.23. The molecule has 4 rings (SSSR count). The van der Waals surface area contributed by atoms with Crippen LogP contribution in [0.2, 0.25) is 0 Å². The molecule has 164 valence electrons. The van der Waals surface area contributed by atoms with E-state index in [0.717, 1.165) is 24.1 Å². The van der Waals surface area contributed by atoms with Crippen molar-refractivity contribution in [2.45, 2.75) is 19.8 Å². The van der Waals surface area contributed by atoms with Crippen molar-refractivity contribution in [3.05, 3.63) is 90.3 Å². The zero-order valence-electron chi connectivity index (χ0n) is 18.5. The number of hydrogen-bond donors (Lipinski definition) is 0. The summed E-state index contributed by atoms with van der Waals surface area (Å²) >= 11 is 0. The van der Waals surface area contributed by atoms with Crippen molar-refractivity contribution in [1.82, 2.24) is 14.8 Å². The SMILES string of the molecule is CCCN1CCN(C(=O)c2ccncc2)C[C@H](Cc2ccc(-c3ccccc3)cc2)C1=O. The summed E-state index contributed by atoms with van der Waals surface area (Å²) in [6.07, 6.45) is 4.79. The normalized spacial score (nSPS) is 16.7. The highest BCUT2D eigenvalue weighted by atomic mass is 16.2. The number of carbonyl (C=O) groups is 2. The van der Waals surface area contributed by atoms with E-state index in [1.54, 1.807) is 24.5 Å². The van der Waals surface area contributed by atoms with E-state index < -0.39 is 0 Å². The first-order valence-corrected chi connectivity index (χ1v) is 11.3. The van der Waals surface area contributed by atoms with Crippen molar-refractivity contribution in [3.8, 4) is 11.1 Å². The van der Waals surface area contributed by atoms with Gasteiger partial charge in [-0.15, -0.1) is 0 Å². The molecule has 1 aliphatic heterocycles. The van der Waals surface area contributed by atoms with E-state index in [1.807, 2.05) is 28.0 Å². The first kappa shape index (κ1) is 21.8. The lowest BCUT2D eigenvalue weighted by Crippen LogP contribution is -2.38. The van der Waals surface area contributed by atoms with Gasteiger partial charge in [-0.05, 0) is 41.7 Å². The Balaban J connectivity index is 1.53. The summed E-state index contributed by atoms with van der Waals surface area (Å²) in [5.41, 5.74) is 4.05. The molecule has 5 nitrogen and oxygen atoms in total. The predicted octanol–water partition coefficient (Wildman–Crippen LogP) is 4.30. The molecule has 1 aliphatic rings. The van der Waals surface area contributed by atoms with Gasteiger partial charge in [0.05, 0.1) is 5.92 Å². The molecule has 0 N–H and O–H groups in total. The van der Waals surface area contributed by atoms with Gasteiger partial charge in [-0.25, -0.2) is 0 Å². The number of hydrogen-bond acceptors (Lipinski definition) is 3. The molecule has 0 radical (unpaired) electrons. The van der Waals surface area contributed by atoms with Crippen LogP contribution in [0, 0.1) is 5.92 Å². The maximum Gasteiger partial charge on any atom is 0.254 e. The summed E-state index contributed by atoms with van der Waals surface area (Å²) in [7, 11) is 0. The lowest BCUT2D eigenvalue weighted by Gasteiger charge is -2.24. The van der Waals surface area contributed by atoms with E-state index in [-0.39, 0.29) is 17.7 Å². The van der Waals surface area contributed by atoms with Gasteiger partial charge in [0.25, 0.3) is 5.91 Å². The monoisotopic (exact) mass is 427 g/mol. The van der Waals surface area contributed by atoms with Crippen LogP contribution in [0.3, 0.4) is 0 Å². The molecule has 1 aromatic heterocycles. The number of pyridine rings is 1. The average Bonchev–Trinajstić information content (AvgIpc) is 3.00. The molecule has 0 saturated carbocycles. The third-order valence-electron chi connectivity index (χ3n) is 5.99. The second-order valence-electron chi connectivity index (χ2n) is 8.28. The molecule has 0 aliphatic carbocycles. The van der Waals surface area contributed by atoms with Crippen molar-refractivity contribution < 1.29 is 9.59 Å². The Morgan fingerprint density at radius 1 is 0.938 bits per heavy atom. The van der Waals surface area contributed by atoms with Gasteiger partial charge in [-0.2, -0.15) is 0 Å². The van der Waals surface area contributed by atoms with Crippen LogP contribution in [-0.2, 0) is 11.2 Å². The minimum Gasteiger partial charge on any atom is -0.341 e. The van der Waals surface area contributed by atoms with E-state index in [4.69, 9.17) is 0 Å². The van der Waals surface area contributed by atoms with Crippen molar-refractivity contribution in [2.75, 3.05) is 26.2 Å². The number of nitrogens with zero attached hydrogens (tertiary/aromatic N) is 3. The molecule has 2 heterocycles. The van der Waals surface area contributed by atoms with Crippen LogP contribution in [0.15, 0.2) is 79.1 Å². The Hall–Kier alpha value is -3.47. The fraction of sp³-hybridized carbons (Fsp3) is 0.296. The van der Waals surface area contributed by atoms with E-state index in [0.29, 0.717) is 31.6 Å². The number of aromatic nitrogens is 1. The quantitative estimate of drug-likeness (QED) is 0.589. The van der Waals surface area contributed by atoms with Crippen LogP contribution >= 0.6 is 0 Å². The summed E-state index contributed by atoms with van der Waals surface area (Å²) in [6.45, 7) is 4.36. The van der Waals surface area contributed by atoms with Gasteiger partial charge in [-0.3, -0.25) is 14.6 Å². The Bertz CT molecular complexity index is 1040. The fourth-order valence-electron chi connectivity index (χ4n) is 4.30. The highest BCUT2D eigenvalue weighted by Gasteiger charge is 2.32. The maximum absolute atomic E-state index is 13.3. The summed E-state index contributed by atoms with van der Waals surface area (Å²) in [5, 5.41) is 0. The standard InChI is InChI=1S/C27H29N3O2/c1-2-16-29-17-18-30(26(31)24-12-14-28-15-13-24)20-25(27(29)32)19-21-8-10-23(11-9-21)22-6-4-3-5-7-22/h3-15,25H,2,16-20H2,1H3/t25-/m0/s1. The molecule has 5 heteroatoms. The lowest BCUT2D eigenvalue weighted by molar-refractivity contribution is -0.134. The lowest BCUT2D eigenvalue weighted by atomic mass is 9.95. The number of carbonyl (C=O) groups excluding carboxylic acids is 2. The number of rotatable bonds is 6. The second kappa shape index (κ2) is 10.2. The van der Waals surface area contributed by atoms with Crippen LogP contribution in [0.25, 0.3) is 11.1 Å². The van der Waals surface area contributed by atoms with Crippen LogP contribution in [-0.4, -0.2) is 52.8 Å². The van der Waals surface area contributed by atoms with Gasteiger partial charge >= 0.3 is 0 Å². The van der Waals surface area contributed by atoms with E-state index in [1.165, 1.54) is 5.56 Å². The van der Waals surface area contributed by atoms with Crippen LogP contribution in [0.4, 0.5) is 0 Å². The zero-order chi connectivity index (χ0) is 22.3. The number of benzene rings is 2. The minimum atomic E-state index is -0.252. The van der Waals surface area contributed by atoms with Gasteiger partial charge < -0.3 is 9.80 Å². The summed E-state index contributed by atoms with van der Waals surface area (Å²) in [5.74, 6) is -0.149. The molecule has 0 bridgehead atoms. The van der Waals surface area contributed by atoms with E-state index in [9.17, 15) is 9.59 Å². The predicted molar refractivity (Wildman–Crippen MR) is 126 cm³/mol. The van der Waals surface area contributed by atoms with Crippen LogP contribution < -0.4 is 0 Å². The maximum atomic E-state index is 13.3. The van der Waals surface area contributed by atoms with Crippen LogP contribution in [0.5, 0.6) is 0 Å². The van der Waals surface area contributed by atoms with Crippen molar-refractivity contribution in [1.29, 1.82) is 0 Å². The smallest absolute Gasteiger partial charge is 0.254 e. The average molecular weight is 428 g/mol.